The summed E-state index contributed by atoms with van der Waals surface area (Å²) in [6.45, 7) is 10.6. The second kappa shape index (κ2) is 12.5. The highest BCUT2D eigenvalue weighted by molar-refractivity contribution is 6.12. The lowest BCUT2D eigenvalue weighted by Crippen LogP contribution is -1.98. The van der Waals surface area contributed by atoms with Crippen molar-refractivity contribution in [2.75, 3.05) is 0 Å². The van der Waals surface area contributed by atoms with Crippen molar-refractivity contribution < 1.29 is 0 Å². The van der Waals surface area contributed by atoms with Crippen LogP contribution in [-0.4, -0.2) is 9.13 Å². The van der Waals surface area contributed by atoms with Gasteiger partial charge in [-0.15, -0.1) is 0 Å². The first-order valence-electron chi connectivity index (χ1n) is 17.0. The summed E-state index contributed by atoms with van der Waals surface area (Å²) in [6, 6.07) is 33.1. The first-order valence-corrected chi connectivity index (χ1v) is 17.0. The smallest absolute Gasteiger partial charge is 0.0541 e. The molecule has 2 heteroatoms. The molecule has 0 aliphatic heterocycles. The molecular weight excluding hydrogens is 593 g/mol. The van der Waals surface area contributed by atoms with Crippen LogP contribution >= 0.6 is 0 Å². The summed E-state index contributed by atoms with van der Waals surface area (Å²) < 4.78 is 4.73. The van der Waals surface area contributed by atoms with E-state index in [0.717, 1.165) is 17.1 Å². The lowest BCUT2D eigenvalue weighted by atomic mass is 9.99. The van der Waals surface area contributed by atoms with E-state index in [1.165, 1.54) is 71.7 Å². The van der Waals surface area contributed by atoms with Gasteiger partial charge in [-0.25, -0.2) is 0 Å². The van der Waals surface area contributed by atoms with Gasteiger partial charge in [-0.1, -0.05) is 104 Å². The van der Waals surface area contributed by atoms with E-state index >= 15 is 0 Å². The average Bonchev–Trinajstić information content (AvgIpc) is 3.76. The van der Waals surface area contributed by atoms with Crippen molar-refractivity contribution in [2.24, 2.45) is 0 Å². The van der Waals surface area contributed by atoms with E-state index in [2.05, 4.69) is 187 Å². The number of fused-ring (bicyclic) bond motifs is 5. The Morgan fingerprint density at radius 3 is 2.12 bits per heavy atom. The van der Waals surface area contributed by atoms with Gasteiger partial charge < -0.3 is 9.13 Å². The predicted octanol–water partition coefficient (Wildman–Crippen LogP) is 12.8. The summed E-state index contributed by atoms with van der Waals surface area (Å²) in [6.07, 6.45) is 26.0. The van der Waals surface area contributed by atoms with Gasteiger partial charge in [0.05, 0.1) is 22.2 Å². The van der Waals surface area contributed by atoms with E-state index in [4.69, 9.17) is 0 Å². The maximum absolute atomic E-state index is 4.21. The van der Waals surface area contributed by atoms with Crippen LogP contribution in [0.1, 0.15) is 32.0 Å². The Balaban J connectivity index is 1.29. The molecule has 0 atom stereocenters. The minimum atomic E-state index is 1.10. The molecule has 8 rings (SSSR count). The monoisotopic (exact) mass is 630 g/mol. The van der Waals surface area contributed by atoms with E-state index in [1.807, 2.05) is 13.0 Å². The van der Waals surface area contributed by atoms with Gasteiger partial charge in [-0.05, 0) is 121 Å². The van der Waals surface area contributed by atoms with E-state index in [0.29, 0.717) is 0 Å². The molecule has 2 nitrogen and oxygen atoms in total. The number of hydrogen-bond donors (Lipinski definition) is 0. The normalized spacial score (nSPS) is 17.7. The average molecular weight is 631 g/mol. The molecule has 2 aromatic heterocycles. The van der Waals surface area contributed by atoms with Crippen LogP contribution < -0.4 is 0 Å². The van der Waals surface area contributed by atoms with Crippen molar-refractivity contribution in [3.05, 3.63) is 192 Å². The van der Waals surface area contributed by atoms with Crippen LogP contribution in [0.25, 0.3) is 67.4 Å². The molecule has 4 aromatic carbocycles. The summed E-state index contributed by atoms with van der Waals surface area (Å²) in [5.41, 5.74) is 15.6. The summed E-state index contributed by atoms with van der Waals surface area (Å²) in [5, 5.41) is 3.69. The van der Waals surface area contributed by atoms with Crippen LogP contribution in [-0.2, 0) is 0 Å². The minimum Gasteiger partial charge on any atom is -0.309 e. The molecule has 6 aromatic rings. The Labute approximate surface area is 288 Å². The van der Waals surface area contributed by atoms with Crippen molar-refractivity contribution in [1.82, 2.24) is 9.13 Å². The number of nitrogens with zero attached hydrogens (tertiary/aromatic N) is 2. The third-order valence-electron chi connectivity index (χ3n) is 9.72. The standard InChI is InChI=1S/C47H38N2/c1-5-8-10-17-36-28-33-18-15-21-38(31-41(36)32(33)4)49-45-23-14-13-22-40(45)43-30-35(25-27-47(43)49)34-24-26-46-42(29-34)39(16-6-2)44(7-3)48(46)37-19-11-9-12-20-37/h5-31H,3H2,1-2,4H3/b8-5-,16-6-,17-10-,18-15-,21-15?,33-18?,38-21+,38-31?,41-31+. The van der Waals surface area contributed by atoms with Crippen LogP contribution in [0.2, 0.25) is 0 Å². The van der Waals surface area contributed by atoms with E-state index in [9.17, 15) is 0 Å². The number of para-hydroxylation sites is 2. The maximum Gasteiger partial charge on any atom is 0.0541 e. The fraction of sp³-hybridized carbons (Fsp3) is 0.0638. The molecule has 0 saturated heterocycles. The first-order chi connectivity index (χ1) is 24.1. The maximum atomic E-state index is 4.21. The third kappa shape index (κ3) is 5.05. The van der Waals surface area contributed by atoms with Gasteiger partial charge in [0.2, 0.25) is 0 Å². The molecule has 0 saturated carbocycles. The van der Waals surface area contributed by atoms with Crippen molar-refractivity contribution >= 4 is 50.6 Å². The highest BCUT2D eigenvalue weighted by atomic mass is 15.0. The zero-order valence-electron chi connectivity index (χ0n) is 28.2. The molecule has 0 N–H and O–H groups in total. The van der Waals surface area contributed by atoms with Crippen molar-refractivity contribution in [2.45, 2.75) is 20.8 Å². The van der Waals surface area contributed by atoms with Gasteiger partial charge in [0.1, 0.15) is 0 Å². The highest BCUT2D eigenvalue weighted by Gasteiger charge is 2.21. The van der Waals surface area contributed by atoms with Gasteiger partial charge in [-0.2, -0.15) is 0 Å². The van der Waals surface area contributed by atoms with E-state index in [-0.39, 0.29) is 0 Å². The molecule has 0 amide bonds. The fourth-order valence-corrected chi connectivity index (χ4v) is 7.43. The quantitative estimate of drug-likeness (QED) is 0.155. The largest absolute Gasteiger partial charge is 0.309 e. The lowest BCUT2D eigenvalue weighted by molar-refractivity contribution is 1.11. The molecule has 2 aliphatic carbocycles. The Bertz CT molecular complexity index is 2560. The van der Waals surface area contributed by atoms with Gasteiger partial charge >= 0.3 is 0 Å². The summed E-state index contributed by atoms with van der Waals surface area (Å²) in [7, 11) is 0. The molecule has 2 heterocycles. The van der Waals surface area contributed by atoms with E-state index < -0.39 is 0 Å². The van der Waals surface area contributed by atoms with Gasteiger partial charge in [0.15, 0.2) is 0 Å². The van der Waals surface area contributed by atoms with Crippen molar-refractivity contribution in [3.8, 4) is 16.8 Å². The molecule has 0 fully saturated rings. The van der Waals surface area contributed by atoms with Crippen molar-refractivity contribution in [3.63, 3.8) is 0 Å². The molecule has 0 unspecified atom stereocenters. The number of hydrogen-bond acceptors (Lipinski definition) is 0. The Morgan fingerprint density at radius 1 is 0.653 bits per heavy atom. The Kier molecular flexibility index (Phi) is 7.70. The lowest BCUT2D eigenvalue weighted by Gasteiger charge is -2.13. The first kappa shape index (κ1) is 30.2. The Hall–Kier alpha value is -6.12. The summed E-state index contributed by atoms with van der Waals surface area (Å²) >= 11 is 0. The van der Waals surface area contributed by atoms with Crippen LogP contribution in [0, 0.1) is 0 Å². The van der Waals surface area contributed by atoms with Crippen molar-refractivity contribution in [1.29, 1.82) is 0 Å². The topological polar surface area (TPSA) is 9.86 Å². The minimum absolute atomic E-state index is 1.10. The fourth-order valence-electron chi connectivity index (χ4n) is 7.43. The second-order valence-corrected chi connectivity index (χ2v) is 12.6. The van der Waals surface area contributed by atoms with Crippen LogP contribution in [0.15, 0.2) is 181 Å². The molecular formula is C47H38N2. The molecule has 2 aliphatic rings. The zero-order valence-corrected chi connectivity index (χ0v) is 28.2. The van der Waals surface area contributed by atoms with Crippen LogP contribution in [0.5, 0.6) is 0 Å². The van der Waals surface area contributed by atoms with Gasteiger partial charge in [-0.3, -0.25) is 0 Å². The number of aromatic nitrogens is 2. The van der Waals surface area contributed by atoms with Gasteiger partial charge in [0, 0.05) is 33.1 Å². The van der Waals surface area contributed by atoms with Gasteiger partial charge in [0.25, 0.3) is 0 Å². The number of benzene rings is 4. The molecule has 2 bridgehead atoms. The third-order valence-corrected chi connectivity index (χ3v) is 9.72. The molecule has 0 spiro atoms. The predicted molar refractivity (Wildman–Crippen MR) is 213 cm³/mol. The SMILES string of the molecule is C=Cc1c(/C=C\C)c2cc(-c3ccc4c(c3)c3ccccc3n4C3=C/C=C\C4=C(C)C(=C\3)/C(/C=C\C=C/C)=C4)ccc2n1-c1ccccc1. The molecule has 49 heavy (non-hydrogen) atoms. The zero-order chi connectivity index (χ0) is 33.5. The Morgan fingerprint density at radius 2 is 1.37 bits per heavy atom. The molecule has 0 radical (unpaired) electrons. The van der Waals surface area contributed by atoms with E-state index in [1.54, 1.807) is 0 Å². The summed E-state index contributed by atoms with van der Waals surface area (Å²) in [4.78, 5) is 0. The van der Waals surface area contributed by atoms with Crippen LogP contribution in [0.4, 0.5) is 0 Å². The number of allylic oxidation sites excluding steroid dienone is 15. The van der Waals surface area contributed by atoms with Crippen LogP contribution in [0.3, 0.4) is 0 Å². The highest BCUT2D eigenvalue weighted by Crippen LogP contribution is 2.40. The summed E-state index contributed by atoms with van der Waals surface area (Å²) in [5.74, 6) is 0. The molecule has 236 valence electrons. The number of rotatable bonds is 7. The second-order valence-electron chi connectivity index (χ2n) is 12.6.